The number of hydrogen-bond acceptors (Lipinski definition) is 1. The van der Waals surface area contributed by atoms with Crippen molar-refractivity contribution in [1.29, 1.82) is 0 Å². The van der Waals surface area contributed by atoms with Crippen molar-refractivity contribution in [3.05, 3.63) is 0 Å². The normalized spacial score (nSPS) is 38.9. The standard InChI is InChI=1S/C12H18O/c1-2-3-12(13)8-11-7-9-4-5-10(11)6-9/h1,9-13H,3-8H2. The molecule has 1 nitrogen and oxygen atoms in total. The molecular weight excluding hydrogens is 160 g/mol. The first kappa shape index (κ1) is 9.09. The molecule has 0 aromatic rings. The van der Waals surface area contributed by atoms with Gasteiger partial charge >= 0.3 is 0 Å². The quantitative estimate of drug-likeness (QED) is 0.657. The molecule has 2 bridgehead atoms. The molecule has 1 heteroatoms. The van der Waals surface area contributed by atoms with E-state index in [0.717, 1.165) is 24.2 Å². The van der Waals surface area contributed by atoms with Gasteiger partial charge < -0.3 is 5.11 Å². The van der Waals surface area contributed by atoms with E-state index in [4.69, 9.17) is 6.42 Å². The van der Waals surface area contributed by atoms with Crippen molar-refractivity contribution < 1.29 is 5.11 Å². The van der Waals surface area contributed by atoms with Crippen LogP contribution in [0.5, 0.6) is 0 Å². The van der Waals surface area contributed by atoms with E-state index in [1.54, 1.807) is 0 Å². The number of rotatable bonds is 3. The van der Waals surface area contributed by atoms with Gasteiger partial charge in [-0.2, -0.15) is 0 Å². The van der Waals surface area contributed by atoms with Crippen molar-refractivity contribution in [2.45, 2.75) is 44.6 Å². The van der Waals surface area contributed by atoms with E-state index in [0.29, 0.717) is 6.42 Å². The summed E-state index contributed by atoms with van der Waals surface area (Å²) >= 11 is 0. The predicted octanol–water partition coefficient (Wildman–Crippen LogP) is 2.20. The summed E-state index contributed by atoms with van der Waals surface area (Å²) in [4.78, 5) is 0. The molecule has 0 radical (unpaired) electrons. The molecule has 13 heavy (non-hydrogen) atoms. The van der Waals surface area contributed by atoms with Crippen molar-refractivity contribution in [1.82, 2.24) is 0 Å². The van der Waals surface area contributed by atoms with Crippen molar-refractivity contribution in [3.63, 3.8) is 0 Å². The van der Waals surface area contributed by atoms with E-state index >= 15 is 0 Å². The average Bonchev–Trinajstić information content (AvgIpc) is 2.65. The molecule has 0 spiro atoms. The first-order valence-corrected chi connectivity index (χ1v) is 5.41. The number of aliphatic hydroxyl groups excluding tert-OH is 1. The Morgan fingerprint density at radius 1 is 1.38 bits per heavy atom. The van der Waals surface area contributed by atoms with Gasteiger partial charge in [0.1, 0.15) is 0 Å². The molecule has 0 saturated heterocycles. The third-order valence-corrected chi connectivity index (χ3v) is 3.81. The molecule has 2 aliphatic rings. The number of hydrogen-bond donors (Lipinski definition) is 1. The molecule has 2 fully saturated rings. The van der Waals surface area contributed by atoms with Crippen LogP contribution in [0, 0.1) is 30.1 Å². The maximum absolute atomic E-state index is 9.60. The predicted molar refractivity (Wildman–Crippen MR) is 53.0 cm³/mol. The van der Waals surface area contributed by atoms with E-state index < -0.39 is 0 Å². The summed E-state index contributed by atoms with van der Waals surface area (Å²) in [5, 5.41) is 9.60. The third kappa shape index (κ3) is 1.89. The molecule has 1 N–H and O–H groups in total. The van der Waals surface area contributed by atoms with E-state index in [-0.39, 0.29) is 6.10 Å². The van der Waals surface area contributed by atoms with Crippen LogP contribution in [-0.2, 0) is 0 Å². The second-order valence-corrected chi connectivity index (χ2v) is 4.73. The summed E-state index contributed by atoms with van der Waals surface area (Å²) in [6.45, 7) is 0. The smallest absolute Gasteiger partial charge is 0.0652 e. The van der Waals surface area contributed by atoms with Gasteiger partial charge in [0.05, 0.1) is 6.10 Å². The molecule has 0 aromatic carbocycles. The molecule has 2 saturated carbocycles. The van der Waals surface area contributed by atoms with Gasteiger partial charge in [-0.3, -0.25) is 0 Å². The van der Waals surface area contributed by atoms with Crippen LogP contribution in [0.2, 0.25) is 0 Å². The van der Waals surface area contributed by atoms with Gasteiger partial charge in [0.25, 0.3) is 0 Å². The fraction of sp³-hybridized carbons (Fsp3) is 0.833. The Morgan fingerprint density at radius 3 is 2.77 bits per heavy atom. The maximum atomic E-state index is 9.60. The van der Waals surface area contributed by atoms with Crippen molar-refractivity contribution >= 4 is 0 Å². The summed E-state index contributed by atoms with van der Waals surface area (Å²) in [6, 6.07) is 0. The highest BCUT2D eigenvalue weighted by Crippen LogP contribution is 2.49. The van der Waals surface area contributed by atoms with Crippen LogP contribution < -0.4 is 0 Å². The maximum Gasteiger partial charge on any atom is 0.0652 e. The topological polar surface area (TPSA) is 20.2 Å². The minimum absolute atomic E-state index is 0.241. The van der Waals surface area contributed by atoms with Crippen molar-refractivity contribution in [3.8, 4) is 12.3 Å². The lowest BCUT2D eigenvalue weighted by molar-refractivity contribution is 0.129. The molecular formula is C12H18O. The Kier molecular flexibility index (Phi) is 2.60. The fourth-order valence-electron chi connectivity index (χ4n) is 3.23. The summed E-state index contributed by atoms with van der Waals surface area (Å²) in [6.07, 6.45) is 12.0. The zero-order valence-electron chi connectivity index (χ0n) is 8.08. The minimum atomic E-state index is -0.241. The zero-order chi connectivity index (χ0) is 9.26. The average molecular weight is 178 g/mol. The zero-order valence-corrected chi connectivity index (χ0v) is 8.08. The van der Waals surface area contributed by atoms with Gasteiger partial charge in [-0.05, 0) is 43.4 Å². The van der Waals surface area contributed by atoms with E-state index in [1.807, 2.05) is 0 Å². The van der Waals surface area contributed by atoms with Gasteiger partial charge in [0.15, 0.2) is 0 Å². The lowest BCUT2D eigenvalue weighted by atomic mass is 9.84. The van der Waals surface area contributed by atoms with Crippen LogP contribution in [0.25, 0.3) is 0 Å². The number of fused-ring (bicyclic) bond motifs is 2. The van der Waals surface area contributed by atoms with Gasteiger partial charge in [-0.25, -0.2) is 0 Å². The van der Waals surface area contributed by atoms with E-state index in [2.05, 4.69) is 5.92 Å². The van der Waals surface area contributed by atoms with Crippen molar-refractivity contribution in [2.75, 3.05) is 0 Å². The second-order valence-electron chi connectivity index (χ2n) is 4.73. The van der Waals surface area contributed by atoms with Crippen LogP contribution in [0.4, 0.5) is 0 Å². The molecule has 0 aliphatic heterocycles. The monoisotopic (exact) mass is 178 g/mol. The largest absolute Gasteiger partial charge is 0.392 e. The Hall–Kier alpha value is -0.480. The van der Waals surface area contributed by atoms with Crippen LogP contribution in [0.1, 0.15) is 38.5 Å². The lowest BCUT2D eigenvalue weighted by Gasteiger charge is -2.23. The number of terminal acetylenes is 1. The van der Waals surface area contributed by atoms with Crippen LogP contribution in [0.3, 0.4) is 0 Å². The molecule has 4 unspecified atom stereocenters. The van der Waals surface area contributed by atoms with Crippen LogP contribution >= 0.6 is 0 Å². The lowest BCUT2D eigenvalue weighted by Crippen LogP contribution is -2.18. The molecule has 2 rings (SSSR count). The van der Waals surface area contributed by atoms with Gasteiger partial charge in [-0.15, -0.1) is 12.3 Å². The van der Waals surface area contributed by atoms with Gasteiger partial charge in [-0.1, -0.05) is 6.42 Å². The highest BCUT2D eigenvalue weighted by Gasteiger charge is 2.39. The highest BCUT2D eigenvalue weighted by molar-refractivity contribution is 4.93. The Morgan fingerprint density at radius 2 is 2.23 bits per heavy atom. The molecule has 4 atom stereocenters. The molecule has 0 amide bonds. The minimum Gasteiger partial charge on any atom is -0.392 e. The van der Waals surface area contributed by atoms with E-state index in [9.17, 15) is 5.11 Å². The summed E-state index contributed by atoms with van der Waals surface area (Å²) in [5.41, 5.74) is 0. The summed E-state index contributed by atoms with van der Waals surface area (Å²) in [7, 11) is 0. The van der Waals surface area contributed by atoms with Crippen LogP contribution in [-0.4, -0.2) is 11.2 Å². The molecule has 0 heterocycles. The van der Waals surface area contributed by atoms with E-state index in [1.165, 1.54) is 25.7 Å². The van der Waals surface area contributed by atoms with Crippen LogP contribution in [0.15, 0.2) is 0 Å². The fourth-order valence-corrected chi connectivity index (χ4v) is 3.23. The first-order chi connectivity index (χ1) is 6.29. The molecule has 0 aromatic heterocycles. The van der Waals surface area contributed by atoms with Gasteiger partial charge in [0, 0.05) is 6.42 Å². The molecule has 2 aliphatic carbocycles. The van der Waals surface area contributed by atoms with Gasteiger partial charge in [0.2, 0.25) is 0 Å². The Labute approximate surface area is 80.5 Å². The highest BCUT2D eigenvalue weighted by atomic mass is 16.3. The Balaban J connectivity index is 1.80. The second kappa shape index (κ2) is 3.72. The summed E-state index contributed by atoms with van der Waals surface area (Å²) in [5.74, 6) is 5.21. The Bertz CT molecular complexity index is 216. The van der Waals surface area contributed by atoms with Crippen molar-refractivity contribution in [2.24, 2.45) is 17.8 Å². The third-order valence-electron chi connectivity index (χ3n) is 3.81. The number of aliphatic hydroxyl groups is 1. The molecule has 72 valence electrons. The first-order valence-electron chi connectivity index (χ1n) is 5.41. The SMILES string of the molecule is C#CCC(O)CC1CC2CCC1C2. The summed E-state index contributed by atoms with van der Waals surface area (Å²) < 4.78 is 0.